The van der Waals surface area contributed by atoms with Gasteiger partial charge < -0.3 is 16.2 Å². The number of hydrogen-bond donors (Lipinski definition) is 3. The first-order valence-electron chi connectivity index (χ1n) is 5.32. The Kier molecular flexibility index (Phi) is 4.37. The molecular formula is C12H17ClN2O2. The van der Waals surface area contributed by atoms with Crippen molar-refractivity contribution in [2.75, 3.05) is 13.1 Å². The number of carbonyl (C=O) groups excluding carboxylic acids is 1. The molecule has 0 heterocycles. The molecule has 0 saturated carbocycles. The highest BCUT2D eigenvalue weighted by Crippen LogP contribution is 2.21. The van der Waals surface area contributed by atoms with E-state index >= 15 is 0 Å². The molecule has 0 radical (unpaired) electrons. The number of amides is 1. The van der Waals surface area contributed by atoms with E-state index in [9.17, 15) is 9.90 Å². The zero-order valence-electron chi connectivity index (χ0n) is 9.96. The molecule has 0 saturated heterocycles. The average Bonchev–Trinajstić information content (AvgIpc) is 2.29. The van der Waals surface area contributed by atoms with E-state index in [1.165, 1.54) is 18.2 Å². The normalized spacial score (nSPS) is 11.3. The average molecular weight is 257 g/mol. The van der Waals surface area contributed by atoms with Crippen molar-refractivity contribution in [1.29, 1.82) is 0 Å². The molecule has 4 N–H and O–H groups in total. The Hall–Kier alpha value is -1.26. The smallest absolute Gasteiger partial charge is 0.252 e. The van der Waals surface area contributed by atoms with Crippen LogP contribution in [0.15, 0.2) is 18.2 Å². The third kappa shape index (κ3) is 3.91. The molecule has 17 heavy (non-hydrogen) atoms. The molecule has 1 rings (SSSR count). The van der Waals surface area contributed by atoms with Gasteiger partial charge in [-0.1, -0.05) is 25.4 Å². The lowest BCUT2D eigenvalue weighted by atomic mass is 9.94. The number of hydrogen-bond acceptors (Lipinski definition) is 3. The highest BCUT2D eigenvalue weighted by Gasteiger charge is 2.18. The van der Waals surface area contributed by atoms with Crippen molar-refractivity contribution in [1.82, 2.24) is 5.32 Å². The van der Waals surface area contributed by atoms with Gasteiger partial charge in [0, 0.05) is 6.54 Å². The Morgan fingerprint density at radius 1 is 1.53 bits per heavy atom. The van der Waals surface area contributed by atoms with Crippen molar-refractivity contribution >= 4 is 17.5 Å². The van der Waals surface area contributed by atoms with Crippen LogP contribution in [-0.2, 0) is 0 Å². The van der Waals surface area contributed by atoms with Crippen LogP contribution in [-0.4, -0.2) is 24.1 Å². The van der Waals surface area contributed by atoms with Gasteiger partial charge in [0.25, 0.3) is 5.91 Å². The summed E-state index contributed by atoms with van der Waals surface area (Å²) in [7, 11) is 0. The predicted molar refractivity (Wildman–Crippen MR) is 68.3 cm³/mol. The lowest BCUT2D eigenvalue weighted by Gasteiger charge is -2.22. The van der Waals surface area contributed by atoms with Crippen molar-refractivity contribution in [2.45, 2.75) is 13.8 Å². The maximum atomic E-state index is 11.8. The number of phenolic OH excluding ortho intramolecular Hbond substituents is 1. The van der Waals surface area contributed by atoms with E-state index in [1.54, 1.807) is 0 Å². The number of carbonyl (C=O) groups is 1. The van der Waals surface area contributed by atoms with Crippen LogP contribution in [0, 0.1) is 5.41 Å². The molecule has 94 valence electrons. The van der Waals surface area contributed by atoms with E-state index in [1.807, 2.05) is 13.8 Å². The van der Waals surface area contributed by atoms with Gasteiger partial charge in [-0.05, 0) is 30.2 Å². The Morgan fingerprint density at radius 2 is 2.18 bits per heavy atom. The molecule has 0 bridgehead atoms. The van der Waals surface area contributed by atoms with Crippen molar-refractivity contribution in [3.05, 3.63) is 28.8 Å². The first-order valence-corrected chi connectivity index (χ1v) is 5.70. The lowest BCUT2D eigenvalue weighted by Crippen LogP contribution is -2.38. The van der Waals surface area contributed by atoms with Crippen LogP contribution in [0.25, 0.3) is 0 Å². The van der Waals surface area contributed by atoms with Crippen LogP contribution in [0.4, 0.5) is 0 Å². The molecule has 1 aromatic carbocycles. The number of phenols is 1. The van der Waals surface area contributed by atoms with Crippen LogP contribution in [0.5, 0.6) is 5.75 Å². The van der Waals surface area contributed by atoms with E-state index < -0.39 is 0 Å². The predicted octanol–water partition coefficient (Wildman–Crippen LogP) is 1.76. The SMILES string of the molecule is CC(C)(CN)CNC(=O)c1cc(O)ccc1Cl. The molecular weight excluding hydrogens is 240 g/mol. The molecule has 0 unspecified atom stereocenters. The summed E-state index contributed by atoms with van der Waals surface area (Å²) in [6, 6.07) is 4.26. The minimum Gasteiger partial charge on any atom is -0.508 e. The largest absolute Gasteiger partial charge is 0.508 e. The Labute approximate surface area is 106 Å². The summed E-state index contributed by atoms with van der Waals surface area (Å²) in [5.41, 5.74) is 5.66. The lowest BCUT2D eigenvalue weighted by molar-refractivity contribution is 0.0937. The molecule has 1 amide bonds. The van der Waals surface area contributed by atoms with Crippen molar-refractivity contribution in [2.24, 2.45) is 11.1 Å². The van der Waals surface area contributed by atoms with Crippen LogP contribution in [0.1, 0.15) is 24.2 Å². The molecule has 0 atom stereocenters. The highest BCUT2D eigenvalue weighted by molar-refractivity contribution is 6.33. The Bertz CT molecular complexity index is 419. The van der Waals surface area contributed by atoms with Crippen molar-refractivity contribution in [3.63, 3.8) is 0 Å². The number of nitrogens with two attached hydrogens (primary N) is 1. The summed E-state index contributed by atoms with van der Waals surface area (Å²) in [4.78, 5) is 11.8. The minimum absolute atomic E-state index is 0.0117. The number of rotatable bonds is 4. The fourth-order valence-electron chi connectivity index (χ4n) is 1.17. The van der Waals surface area contributed by atoms with E-state index in [2.05, 4.69) is 5.32 Å². The monoisotopic (exact) mass is 256 g/mol. The number of halogens is 1. The van der Waals surface area contributed by atoms with Crippen molar-refractivity contribution in [3.8, 4) is 5.75 Å². The maximum Gasteiger partial charge on any atom is 0.252 e. The second-order valence-electron chi connectivity index (χ2n) is 4.72. The molecule has 1 aromatic rings. The van der Waals surface area contributed by atoms with Gasteiger partial charge in [-0.2, -0.15) is 0 Å². The summed E-state index contributed by atoms with van der Waals surface area (Å²) in [5.74, 6) is -0.301. The van der Waals surface area contributed by atoms with Crippen molar-refractivity contribution < 1.29 is 9.90 Å². The maximum absolute atomic E-state index is 11.8. The van der Waals surface area contributed by atoms with Gasteiger partial charge in [-0.3, -0.25) is 4.79 Å². The Balaban J connectivity index is 2.74. The Morgan fingerprint density at radius 3 is 2.76 bits per heavy atom. The van der Waals surface area contributed by atoms with Gasteiger partial charge >= 0.3 is 0 Å². The van der Waals surface area contributed by atoms with Gasteiger partial charge in [-0.15, -0.1) is 0 Å². The van der Waals surface area contributed by atoms with E-state index in [-0.39, 0.29) is 22.6 Å². The van der Waals surface area contributed by atoms with Crippen LogP contribution < -0.4 is 11.1 Å². The number of nitrogens with one attached hydrogen (secondary N) is 1. The fourth-order valence-corrected chi connectivity index (χ4v) is 1.38. The zero-order valence-corrected chi connectivity index (χ0v) is 10.7. The standard InChI is InChI=1S/C12H17ClN2O2/c1-12(2,6-14)7-15-11(17)9-5-8(16)3-4-10(9)13/h3-5,16H,6-7,14H2,1-2H3,(H,15,17). The highest BCUT2D eigenvalue weighted by atomic mass is 35.5. The van der Waals surface area contributed by atoms with E-state index in [0.717, 1.165) is 0 Å². The molecule has 0 aliphatic rings. The third-order valence-electron chi connectivity index (χ3n) is 2.47. The van der Waals surface area contributed by atoms with Gasteiger partial charge in [0.2, 0.25) is 0 Å². The van der Waals surface area contributed by atoms with E-state index in [4.69, 9.17) is 17.3 Å². The number of aromatic hydroxyl groups is 1. The molecule has 0 aliphatic heterocycles. The third-order valence-corrected chi connectivity index (χ3v) is 2.80. The second kappa shape index (κ2) is 5.38. The summed E-state index contributed by atoms with van der Waals surface area (Å²) >= 11 is 5.88. The minimum atomic E-state index is -0.313. The summed E-state index contributed by atoms with van der Waals surface area (Å²) in [6.07, 6.45) is 0. The molecule has 0 fully saturated rings. The van der Waals surface area contributed by atoms with Gasteiger partial charge in [0.05, 0.1) is 10.6 Å². The molecule has 0 spiro atoms. The summed E-state index contributed by atoms with van der Waals surface area (Å²) in [6.45, 7) is 4.84. The van der Waals surface area contributed by atoms with Gasteiger partial charge in [0.1, 0.15) is 5.75 Å². The quantitative estimate of drug-likeness (QED) is 0.768. The summed E-state index contributed by atoms with van der Waals surface area (Å²) < 4.78 is 0. The second-order valence-corrected chi connectivity index (χ2v) is 5.12. The molecule has 0 aliphatic carbocycles. The van der Waals surface area contributed by atoms with Crippen LogP contribution >= 0.6 is 11.6 Å². The van der Waals surface area contributed by atoms with Crippen LogP contribution in [0.3, 0.4) is 0 Å². The molecule has 4 nitrogen and oxygen atoms in total. The first-order chi connectivity index (χ1) is 7.85. The first kappa shape index (κ1) is 13.8. The molecule has 0 aromatic heterocycles. The fraction of sp³-hybridized carbons (Fsp3) is 0.417. The molecule has 5 heteroatoms. The summed E-state index contributed by atoms with van der Waals surface area (Å²) in [5, 5.41) is 12.4. The number of benzene rings is 1. The van der Waals surface area contributed by atoms with E-state index in [0.29, 0.717) is 18.1 Å². The van der Waals surface area contributed by atoms with Gasteiger partial charge in [-0.25, -0.2) is 0 Å². The topological polar surface area (TPSA) is 75.3 Å². The van der Waals surface area contributed by atoms with Gasteiger partial charge in [0.15, 0.2) is 0 Å². The zero-order chi connectivity index (χ0) is 13.1. The van der Waals surface area contributed by atoms with Crippen LogP contribution in [0.2, 0.25) is 5.02 Å².